The largest absolute Gasteiger partial charge is 0.493 e. The van der Waals surface area contributed by atoms with E-state index in [0.717, 1.165) is 28.7 Å². The van der Waals surface area contributed by atoms with E-state index in [1.807, 2.05) is 52.0 Å². The van der Waals surface area contributed by atoms with Crippen LogP contribution in [-0.4, -0.2) is 32.2 Å². The Bertz CT molecular complexity index is 1060. The number of hydrogen-bond donors (Lipinski definition) is 0. The highest BCUT2D eigenvalue weighted by atomic mass is 35.5. The average Bonchev–Trinajstić information content (AvgIpc) is 2.79. The number of benzene rings is 2. The minimum Gasteiger partial charge on any atom is -0.493 e. The summed E-state index contributed by atoms with van der Waals surface area (Å²) < 4.78 is 22.5. The third kappa shape index (κ3) is 6.74. The zero-order valence-electron chi connectivity index (χ0n) is 21.0. The number of allylic oxidation sites excluding steroid dienone is 2. The lowest BCUT2D eigenvalue weighted by molar-refractivity contribution is -0.112. The highest BCUT2D eigenvalue weighted by molar-refractivity contribution is 6.33. The van der Waals surface area contributed by atoms with Crippen molar-refractivity contribution in [1.82, 2.24) is 0 Å². The lowest BCUT2D eigenvalue weighted by atomic mass is 9.87. The van der Waals surface area contributed by atoms with Gasteiger partial charge in [0.15, 0.2) is 28.8 Å². The predicted octanol–water partition coefficient (Wildman–Crippen LogP) is 7.81. The molecule has 0 aromatic heterocycles. The zero-order valence-corrected chi connectivity index (χ0v) is 22.5. The Hall–Kier alpha value is -2.63. The number of ketones is 1. The molecule has 1 fully saturated rings. The Balaban J connectivity index is 1.93. The molecule has 3 rings (SSSR count). The van der Waals surface area contributed by atoms with Gasteiger partial charge in [0.05, 0.1) is 36.5 Å². The van der Waals surface area contributed by atoms with Gasteiger partial charge in [0.1, 0.15) is 0 Å². The molecule has 0 amide bonds. The molecule has 1 saturated carbocycles. The molecular formula is C28H32Cl2O5. The van der Waals surface area contributed by atoms with E-state index in [-0.39, 0.29) is 18.0 Å². The number of rotatable bonds is 8. The molecule has 2 aromatic carbocycles. The Morgan fingerprint density at radius 3 is 1.49 bits per heavy atom. The first kappa shape index (κ1) is 27.0. The molecule has 35 heavy (non-hydrogen) atoms. The summed E-state index contributed by atoms with van der Waals surface area (Å²) in [6, 6.07) is 7.25. The van der Waals surface area contributed by atoms with Crippen LogP contribution in [0.15, 0.2) is 35.4 Å². The van der Waals surface area contributed by atoms with Crippen molar-refractivity contribution in [3.8, 4) is 23.0 Å². The Morgan fingerprint density at radius 1 is 0.743 bits per heavy atom. The van der Waals surface area contributed by atoms with Gasteiger partial charge in [-0.2, -0.15) is 0 Å². The number of ether oxygens (including phenoxy) is 4. The fourth-order valence-electron chi connectivity index (χ4n) is 3.93. The molecule has 1 aliphatic rings. The van der Waals surface area contributed by atoms with E-state index in [4.69, 9.17) is 42.1 Å². The molecule has 0 atom stereocenters. The van der Waals surface area contributed by atoms with Crippen molar-refractivity contribution in [2.45, 2.75) is 59.2 Å². The number of carbonyl (C=O) groups excluding carboxylic acids is 1. The van der Waals surface area contributed by atoms with Gasteiger partial charge < -0.3 is 18.9 Å². The van der Waals surface area contributed by atoms with Gasteiger partial charge in [0.2, 0.25) is 0 Å². The minimum atomic E-state index is -0.0450. The van der Waals surface area contributed by atoms with E-state index in [1.165, 1.54) is 0 Å². The summed E-state index contributed by atoms with van der Waals surface area (Å²) in [5.41, 5.74) is 3.01. The lowest BCUT2D eigenvalue weighted by Gasteiger charge is -2.19. The van der Waals surface area contributed by atoms with E-state index >= 15 is 0 Å². The Morgan fingerprint density at radius 2 is 1.14 bits per heavy atom. The lowest BCUT2D eigenvalue weighted by Crippen LogP contribution is -2.12. The SMILES string of the molecule is COc1cc(/C=C2/CCC/C(=C/c3cc(Cl)c(OC(C)C)c(OC)c3)C2=O)cc(Cl)c1OC(C)C. The van der Waals surface area contributed by atoms with E-state index in [2.05, 4.69) is 0 Å². The van der Waals surface area contributed by atoms with Gasteiger partial charge in [-0.15, -0.1) is 0 Å². The van der Waals surface area contributed by atoms with Crippen LogP contribution in [-0.2, 0) is 4.79 Å². The highest BCUT2D eigenvalue weighted by Gasteiger charge is 2.22. The van der Waals surface area contributed by atoms with Crippen LogP contribution in [0.3, 0.4) is 0 Å². The number of hydrogen-bond acceptors (Lipinski definition) is 5. The van der Waals surface area contributed by atoms with E-state index in [0.29, 0.717) is 45.9 Å². The summed E-state index contributed by atoms with van der Waals surface area (Å²) in [6.07, 6.45) is 5.89. The third-order valence-corrected chi connectivity index (χ3v) is 5.93. The first-order valence-corrected chi connectivity index (χ1v) is 12.4. The van der Waals surface area contributed by atoms with Crippen molar-refractivity contribution < 1.29 is 23.7 Å². The predicted molar refractivity (Wildman–Crippen MR) is 142 cm³/mol. The fourth-order valence-corrected chi connectivity index (χ4v) is 4.45. The molecule has 0 radical (unpaired) electrons. The molecule has 0 aliphatic heterocycles. The van der Waals surface area contributed by atoms with Crippen LogP contribution in [0.5, 0.6) is 23.0 Å². The maximum Gasteiger partial charge on any atom is 0.185 e. The molecule has 0 unspecified atom stereocenters. The molecule has 0 N–H and O–H groups in total. The third-order valence-electron chi connectivity index (χ3n) is 5.37. The van der Waals surface area contributed by atoms with Crippen molar-refractivity contribution in [2.75, 3.05) is 14.2 Å². The fraction of sp³-hybridized carbons (Fsp3) is 0.393. The topological polar surface area (TPSA) is 54.0 Å². The van der Waals surface area contributed by atoms with Crippen molar-refractivity contribution in [2.24, 2.45) is 0 Å². The first-order valence-electron chi connectivity index (χ1n) is 11.7. The van der Waals surface area contributed by atoms with Crippen molar-refractivity contribution in [3.63, 3.8) is 0 Å². The van der Waals surface area contributed by atoms with Crippen molar-refractivity contribution >= 4 is 41.1 Å². The van der Waals surface area contributed by atoms with Gasteiger partial charge in [0.25, 0.3) is 0 Å². The van der Waals surface area contributed by atoms with Crippen LogP contribution in [0.1, 0.15) is 58.1 Å². The summed E-state index contributed by atoms with van der Waals surface area (Å²) in [4.78, 5) is 13.3. The Labute approximate surface area is 217 Å². The highest BCUT2D eigenvalue weighted by Crippen LogP contribution is 2.40. The first-order chi connectivity index (χ1) is 16.6. The minimum absolute atomic E-state index is 0.00597. The Kier molecular flexibility index (Phi) is 9.15. The molecular weight excluding hydrogens is 487 g/mol. The van der Waals surface area contributed by atoms with Gasteiger partial charge in [-0.1, -0.05) is 23.2 Å². The maximum atomic E-state index is 13.3. The summed E-state index contributed by atoms with van der Waals surface area (Å²) in [5, 5.41) is 0.878. The van der Waals surface area contributed by atoms with Crippen LogP contribution >= 0.6 is 23.2 Å². The zero-order chi connectivity index (χ0) is 25.7. The molecule has 0 saturated heterocycles. The second-order valence-electron chi connectivity index (χ2n) is 8.92. The van der Waals surface area contributed by atoms with Gasteiger partial charge in [-0.05, 0) is 94.5 Å². The van der Waals surface area contributed by atoms with Crippen LogP contribution in [0.25, 0.3) is 12.2 Å². The smallest absolute Gasteiger partial charge is 0.185 e. The molecule has 0 spiro atoms. The molecule has 7 heteroatoms. The molecule has 188 valence electrons. The standard InChI is InChI=1S/C28H32Cl2O5/c1-16(2)34-27-22(29)12-18(14-24(27)32-5)10-20-8-7-9-21(26(20)31)11-19-13-23(30)28(35-17(3)4)25(15-19)33-6/h10-17H,7-9H2,1-6H3/b20-10-,21-11-. The molecule has 0 heterocycles. The number of halogens is 2. The summed E-state index contributed by atoms with van der Waals surface area (Å²) in [7, 11) is 3.14. The average molecular weight is 519 g/mol. The quantitative estimate of drug-likeness (QED) is 0.333. The number of methoxy groups -OCH3 is 2. The summed E-state index contributed by atoms with van der Waals surface area (Å²) >= 11 is 12.9. The van der Waals surface area contributed by atoms with Gasteiger partial charge in [0, 0.05) is 11.1 Å². The van der Waals surface area contributed by atoms with Crippen LogP contribution < -0.4 is 18.9 Å². The second-order valence-corrected chi connectivity index (χ2v) is 9.74. The summed E-state index contributed by atoms with van der Waals surface area (Å²) in [5.74, 6) is 2.06. The van der Waals surface area contributed by atoms with Crippen LogP contribution in [0, 0.1) is 0 Å². The molecule has 5 nitrogen and oxygen atoms in total. The molecule has 2 aromatic rings. The normalized spacial score (nSPS) is 16.3. The molecule has 1 aliphatic carbocycles. The van der Waals surface area contributed by atoms with E-state index < -0.39 is 0 Å². The van der Waals surface area contributed by atoms with E-state index in [1.54, 1.807) is 26.4 Å². The van der Waals surface area contributed by atoms with Crippen LogP contribution in [0.4, 0.5) is 0 Å². The monoisotopic (exact) mass is 518 g/mol. The van der Waals surface area contributed by atoms with Gasteiger partial charge in [-0.25, -0.2) is 0 Å². The number of carbonyl (C=O) groups is 1. The van der Waals surface area contributed by atoms with Gasteiger partial charge in [-0.3, -0.25) is 4.79 Å². The van der Waals surface area contributed by atoms with Crippen LogP contribution in [0.2, 0.25) is 10.0 Å². The van der Waals surface area contributed by atoms with Gasteiger partial charge >= 0.3 is 0 Å². The second kappa shape index (κ2) is 11.9. The summed E-state index contributed by atoms with van der Waals surface area (Å²) in [6.45, 7) is 7.70. The maximum absolute atomic E-state index is 13.3. The molecule has 0 bridgehead atoms. The van der Waals surface area contributed by atoms with Crippen molar-refractivity contribution in [3.05, 3.63) is 56.6 Å². The van der Waals surface area contributed by atoms with E-state index in [9.17, 15) is 4.79 Å². The number of Topliss-reactive ketones (excluding diaryl/α,β-unsaturated/α-hetero) is 1. The van der Waals surface area contributed by atoms with Crippen molar-refractivity contribution in [1.29, 1.82) is 0 Å².